The number of carbonyl (C=O) groups excluding carboxylic acids is 1. The van der Waals surface area contributed by atoms with Gasteiger partial charge in [-0.25, -0.2) is 4.79 Å². The molecule has 0 amide bonds. The average molecular weight is 264 g/mol. The van der Waals surface area contributed by atoms with E-state index < -0.39 is 5.97 Å². The van der Waals surface area contributed by atoms with E-state index in [1.54, 1.807) is 6.92 Å². The van der Waals surface area contributed by atoms with Gasteiger partial charge < -0.3 is 18.9 Å². The molecule has 0 bridgehead atoms. The predicted octanol–water partition coefficient (Wildman–Crippen LogP) is 2.93. The van der Waals surface area contributed by atoms with E-state index in [-0.39, 0.29) is 17.8 Å². The Morgan fingerprint density at radius 1 is 1.53 bits per heavy atom. The molecule has 1 N–H and O–H groups in total. The van der Waals surface area contributed by atoms with Gasteiger partial charge in [0.25, 0.3) is 6.01 Å². The molecule has 0 fully saturated rings. The molecule has 6 nitrogen and oxygen atoms in total. The van der Waals surface area contributed by atoms with Crippen LogP contribution in [-0.4, -0.2) is 17.6 Å². The largest absolute Gasteiger partial charge is 0.464 e. The molecule has 0 spiro atoms. The van der Waals surface area contributed by atoms with E-state index in [0.29, 0.717) is 6.61 Å². The highest BCUT2D eigenvalue weighted by Crippen LogP contribution is 2.20. The van der Waals surface area contributed by atoms with E-state index >= 15 is 0 Å². The van der Waals surface area contributed by atoms with Crippen LogP contribution in [0.2, 0.25) is 0 Å². The monoisotopic (exact) mass is 264 g/mol. The highest BCUT2D eigenvalue weighted by Gasteiger charge is 2.16. The second-order valence-electron chi connectivity index (χ2n) is 4.07. The van der Waals surface area contributed by atoms with Gasteiger partial charge in [0.15, 0.2) is 5.69 Å². The number of oxazole rings is 1. The molecular weight excluding hydrogens is 248 g/mol. The van der Waals surface area contributed by atoms with Crippen LogP contribution in [0.5, 0.6) is 0 Å². The highest BCUT2D eigenvalue weighted by molar-refractivity contribution is 5.87. The number of nitrogens with zero attached hydrogens (tertiary/aromatic N) is 1. The molecule has 102 valence electrons. The molecule has 0 saturated heterocycles. The van der Waals surface area contributed by atoms with Crippen molar-refractivity contribution in [2.75, 3.05) is 11.9 Å². The van der Waals surface area contributed by atoms with Crippen molar-refractivity contribution in [2.24, 2.45) is 0 Å². The first-order chi connectivity index (χ1) is 9.10. The maximum Gasteiger partial charge on any atom is 0.360 e. The van der Waals surface area contributed by atoms with Crippen LogP contribution in [0.1, 0.15) is 41.9 Å². The lowest BCUT2D eigenvalue weighted by Gasteiger charge is -2.08. The van der Waals surface area contributed by atoms with Crippen LogP contribution < -0.4 is 5.32 Å². The quantitative estimate of drug-likeness (QED) is 0.836. The normalized spacial score (nSPS) is 12.2. The predicted molar refractivity (Wildman–Crippen MR) is 67.9 cm³/mol. The van der Waals surface area contributed by atoms with Crippen molar-refractivity contribution in [3.63, 3.8) is 0 Å². The van der Waals surface area contributed by atoms with E-state index in [2.05, 4.69) is 10.3 Å². The Morgan fingerprint density at radius 3 is 2.95 bits per heavy atom. The standard InChI is InChI=1S/C13H16N2O4/c1-4-17-12(16)10-7-18-13(15-10)14-9(3)11-6-5-8(2)19-11/h5-7,9H,4H2,1-3H3,(H,14,15). The molecule has 19 heavy (non-hydrogen) atoms. The highest BCUT2D eigenvalue weighted by atomic mass is 16.5. The van der Waals surface area contributed by atoms with Crippen LogP contribution in [0.3, 0.4) is 0 Å². The van der Waals surface area contributed by atoms with Crippen molar-refractivity contribution >= 4 is 12.0 Å². The Kier molecular flexibility index (Phi) is 3.89. The fourth-order valence-corrected chi connectivity index (χ4v) is 1.58. The molecule has 2 aromatic heterocycles. The van der Waals surface area contributed by atoms with E-state index in [9.17, 15) is 4.79 Å². The minimum atomic E-state index is -0.499. The lowest BCUT2D eigenvalue weighted by atomic mass is 10.2. The van der Waals surface area contributed by atoms with Gasteiger partial charge in [-0.15, -0.1) is 0 Å². The molecule has 2 aromatic rings. The molecule has 0 aliphatic carbocycles. The Hall–Kier alpha value is -2.24. The van der Waals surface area contributed by atoms with E-state index in [1.807, 2.05) is 26.0 Å². The summed E-state index contributed by atoms with van der Waals surface area (Å²) in [5, 5.41) is 3.01. The molecule has 0 aliphatic rings. The number of aryl methyl sites for hydroxylation is 1. The third kappa shape index (κ3) is 3.15. The molecule has 0 radical (unpaired) electrons. The zero-order valence-electron chi connectivity index (χ0n) is 11.1. The van der Waals surface area contributed by atoms with Crippen molar-refractivity contribution in [3.8, 4) is 0 Å². The molecule has 2 rings (SSSR count). The van der Waals surface area contributed by atoms with Crippen molar-refractivity contribution in [1.29, 1.82) is 0 Å². The van der Waals surface area contributed by atoms with Crippen molar-refractivity contribution in [1.82, 2.24) is 4.98 Å². The second-order valence-corrected chi connectivity index (χ2v) is 4.07. The van der Waals surface area contributed by atoms with Gasteiger partial charge in [-0.05, 0) is 32.9 Å². The van der Waals surface area contributed by atoms with Gasteiger partial charge in [-0.2, -0.15) is 4.98 Å². The van der Waals surface area contributed by atoms with Crippen LogP contribution in [-0.2, 0) is 4.74 Å². The number of ether oxygens (including phenoxy) is 1. The first kappa shape index (κ1) is 13.2. The molecule has 0 saturated carbocycles. The topological polar surface area (TPSA) is 77.5 Å². The summed E-state index contributed by atoms with van der Waals surface area (Å²) in [6.45, 7) is 5.82. The van der Waals surface area contributed by atoms with Crippen LogP contribution in [0.25, 0.3) is 0 Å². The molecule has 1 unspecified atom stereocenters. The smallest absolute Gasteiger partial charge is 0.360 e. The fraction of sp³-hybridized carbons (Fsp3) is 0.385. The number of rotatable bonds is 5. The summed E-state index contributed by atoms with van der Waals surface area (Å²) in [6.07, 6.45) is 1.26. The molecular formula is C13H16N2O4. The van der Waals surface area contributed by atoms with E-state index in [4.69, 9.17) is 13.6 Å². The van der Waals surface area contributed by atoms with Gasteiger partial charge in [0.05, 0.1) is 12.6 Å². The average Bonchev–Trinajstić information content (AvgIpc) is 2.98. The summed E-state index contributed by atoms with van der Waals surface area (Å²) in [5.41, 5.74) is 0.146. The first-order valence-corrected chi connectivity index (χ1v) is 6.05. The number of furan rings is 1. The van der Waals surface area contributed by atoms with E-state index in [0.717, 1.165) is 11.5 Å². The van der Waals surface area contributed by atoms with Crippen LogP contribution in [0.15, 0.2) is 27.2 Å². The van der Waals surface area contributed by atoms with Gasteiger partial charge in [0, 0.05) is 0 Å². The number of esters is 1. The minimum Gasteiger partial charge on any atom is -0.464 e. The first-order valence-electron chi connectivity index (χ1n) is 6.05. The number of aromatic nitrogens is 1. The van der Waals surface area contributed by atoms with Gasteiger partial charge in [-0.1, -0.05) is 0 Å². The number of hydrogen-bond acceptors (Lipinski definition) is 6. The number of nitrogens with one attached hydrogen (secondary N) is 1. The summed E-state index contributed by atoms with van der Waals surface area (Å²) < 4.78 is 15.5. The van der Waals surface area contributed by atoms with Gasteiger partial charge in [-0.3, -0.25) is 0 Å². The summed E-state index contributed by atoms with van der Waals surface area (Å²) in [4.78, 5) is 15.4. The zero-order chi connectivity index (χ0) is 13.8. The molecule has 6 heteroatoms. The van der Waals surface area contributed by atoms with Crippen molar-refractivity contribution in [3.05, 3.63) is 35.6 Å². The zero-order valence-corrected chi connectivity index (χ0v) is 11.1. The van der Waals surface area contributed by atoms with Crippen LogP contribution in [0, 0.1) is 6.92 Å². The fourth-order valence-electron chi connectivity index (χ4n) is 1.58. The Bertz CT molecular complexity index is 558. The Balaban J connectivity index is 2.01. The van der Waals surface area contributed by atoms with Crippen molar-refractivity contribution in [2.45, 2.75) is 26.8 Å². The van der Waals surface area contributed by atoms with Crippen molar-refractivity contribution < 1.29 is 18.4 Å². The lowest BCUT2D eigenvalue weighted by molar-refractivity contribution is 0.0519. The third-order valence-electron chi connectivity index (χ3n) is 2.52. The van der Waals surface area contributed by atoms with Gasteiger partial charge >= 0.3 is 5.97 Å². The summed E-state index contributed by atoms with van der Waals surface area (Å²) in [6, 6.07) is 3.90. The molecule has 0 aliphatic heterocycles. The number of carbonyl (C=O) groups is 1. The second kappa shape index (κ2) is 5.60. The van der Waals surface area contributed by atoms with Gasteiger partial charge in [0.2, 0.25) is 0 Å². The molecule has 0 aromatic carbocycles. The maximum atomic E-state index is 11.4. The van der Waals surface area contributed by atoms with E-state index in [1.165, 1.54) is 6.26 Å². The molecule has 2 heterocycles. The summed E-state index contributed by atoms with van der Waals surface area (Å²) >= 11 is 0. The van der Waals surface area contributed by atoms with Crippen LogP contribution in [0.4, 0.5) is 6.01 Å². The summed E-state index contributed by atoms with van der Waals surface area (Å²) in [7, 11) is 0. The van der Waals surface area contributed by atoms with Gasteiger partial charge in [0.1, 0.15) is 17.8 Å². The lowest BCUT2D eigenvalue weighted by Crippen LogP contribution is -2.08. The summed E-state index contributed by atoms with van der Waals surface area (Å²) in [5.74, 6) is 1.11. The SMILES string of the molecule is CCOC(=O)c1coc(NC(C)c2ccc(C)o2)n1. The Morgan fingerprint density at radius 2 is 2.32 bits per heavy atom. The third-order valence-corrected chi connectivity index (χ3v) is 2.52. The van der Waals surface area contributed by atoms with Crippen LogP contribution >= 0.6 is 0 Å². The Labute approximate surface area is 110 Å². The number of anilines is 1. The number of hydrogen-bond donors (Lipinski definition) is 1. The maximum absolute atomic E-state index is 11.4. The minimum absolute atomic E-state index is 0.109. The molecule has 1 atom stereocenters.